The molecular weight excluding hydrogens is 449 g/mol. The fourth-order valence-electron chi connectivity index (χ4n) is 3.07. The fourth-order valence-corrected chi connectivity index (χ4v) is 3.33. The van der Waals surface area contributed by atoms with Crippen molar-refractivity contribution in [2.24, 2.45) is 4.99 Å². The zero-order valence-electron chi connectivity index (χ0n) is 17.4. The van der Waals surface area contributed by atoms with Gasteiger partial charge in [0, 0.05) is 5.56 Å². The van der Waals surface area contributed by atoms with Crippen LogP contribution < -0.4 is 9.47 Å². The van der Waals surface area contributed by atoms with Gasteiger partial charge in [-0.1, -0.05) is 35.9 Å². The van der Waals surface area contributed by atoms with Gasteiger partial charge in [0.25, 0.3) is 0 Å². The SMILES string of the molecule is CCOc1cc(/C=C2\N=C(c3cccc(F)c3)OC2=O)cc(Cl)c1OC(=O)c1ccccc1. The Labute approximate surface area is 193 Å². The molecule has 8 heteroatoms. The highest BCUT2D eigenvalue weighted by atomic mass is 35.5. The van der Waals surface area contributed by atoms with Crippen LogP contribution in [0.5, 0.6) is 11.5 Å². The van der Waals surface area contributed by atoms with Crippen molar-refractivity contribution < 1.29 is 28.2 Å². The Kier molecular flexibility index (Phi) is 6.51. The van der Waals surface area contributed by atoms with Gasteiger partial charge >= 0.3 is 11.9 Å². The summed E-state index contributed by atoms with van der Waals surface area (Å²) < 4.78 is 29.7. The Morgan fingerprint density at radius 1 is 1.12 bits per heavy atom. The minimum Gasteiger partial charge on any atom is -0.490 e. The van der Waals surface area contributed by atoms with Crippen molar-refractivity contribution in [3.63, 3.8) is 0 Å². The lowest BCUT2D eigenvalue weighted by molar-refractivity contribution is -0.129. The number of hydrogen-bond acceptors (Lipinski definition) is 6. The van der Waals surface area contributed by atoms with Gasteiger partial charge in [-0.25, -0.2) is 19.0 Å². The van der Waals surface area contributed by atoms with Crippen LogP contribution in [0.3, 0.4) is 0 Å². The predicted molar refractivity (Wildman–Crippen MR) is 121 cm³/mol. The van der Waals surface area contributed by atoms with Crippen LogP contribution in [0.15, 0.2) is 77.4 Å². The molecule has 0 N–H and O–H groups in total. The van der Waals surface area contributed by atoms with E-state index in [4.69, 9.17) is 25.8 Å². The summed E-state index contributed by atoms with van der Waals surface area (Å²) in [6.07, 6.45) is 1.45. The number of cyclic esters (lactones) is 1. The van der Waals surface area contributed by atoms with Crippen molar-refractivity contribution >= 4 is 35.5 Å². The smallest absolute Gasteiger partial charge is 0.363 e. The molecule has 6 nitrogen and oxygen atoms in total. The number of halogens is 2. The summed E-state index contributed by atoms with van der Waals surface area (Å²) in [6.45, 7) is 2.06. The first-order chi connectivity index (χ1) is 15.9. The molecule has 0 atom stereocenters. The molecule has 0 amide bonds. The minimum atomic E-state index is -0.692. The summed E-state index contributed by atoms with van der Waals surface area (Å²) in [7, 11) is 0. The molecule has 0 aliphatic carbocycles. The number of aliphatic imine (C=N–C) groups is 1. The normalized spacial score (nSPS) is 14.1. The topological polar surface area (TPSA) is 74.2 Å². The number of esters is 2. The third kappa shape index (κ3) is 5.10. The van der Waals surface area contributed by atoms with Gasteiger partial charge in [0.1, 0.15) is 5.82 Å². The van der Waals surface area contributed by atoms with Gasteiger partial charge in [-0.05, 0) is 61.0 Å². The van der Waals surface area contributed by atoms with Gasteiger partial charge in [-0.15, -0.1) is 0 Å². The summed E-state index contributed by atoms with van der Waals surface area (Å²) >= 11 is 6.39. The standard InChI is InChI=1S/C25H17ClFNO5/c1-2-31-21-13-15(11-19(26)22(21)32-24(29)16-7-4-3-5-8-16)12-20-25(30)33-23(28-20)17-9-6-10-18(27)14-17/h3-14H,2H2,1H3/b20-12-. The van der Waals surface area contributed by atoms with Crippen LogP contribution in [0.2, 0.25) is 5.02 Å². The monoisotopic (exact) mass is 465 g/mol. The molecular formula is C25H17ClFNO5. The molecule has 0 saturated carbocycles. The van der Waals surface area contributed by atoms with Crippen LogP contribution in [-0.4, -0.2) is 24.4 Å². The Morgan fingerprint density at radius 2 is 1.91 bits per heavy atom. The van der Waals surface area contributed by atoms with E-state index in [1.165, 1.54) is 30.3 Å². The van der Waals surface area contributed by atoms with Crippen LogP contribution in [0, 0.1) is 5.82 Å². The number of ether oxygens (including phenoxy) is 3. The predicted octanol–water partition coefficient (Wildman–Crippen LogP) is 5.44. The molecule has 0 bridgehead atoms. The van der Waals surface area contributed by atoms with Crippen molar-refractivity contribution in [2.75, 3.05) is 6.61 Å². The third-order valence-electron chi connectivity index (χ3n) is 4.53. The molecule has 4 rings (SSSR count). The number of carbonyl (C=O) groups excluding carboxylic acids is 2. The van der Waals surface area contributed by atoms with Gasteiger partial charge in [0.15, 0.2) is 17.2 Å². The largest absolute Gasteiger partial charge is 0.490 e. The lowest BCUT2D eigenvalue weighted by atomic mass is 10.1. The third-order valence-corrected chi connectivity index (χ3v) is 4.81. The highest BCUT2D eigenvalue weighted by Gasteiger charge is 2.25. The van der Waals surface area contributed by atoms with E-state index in [9.17, 15) is 14.0 Å². The van der Waals surface area contributed by atoms with Crippen molar-refractivity contribution in [3.8, 4) is 11.5 Å². The second-order valence-corrected chi connectivity index (χ2v) is 7.27. The first kappa shape index (κ1) is 22.2. The summed E-state index contributed by atoms with van der Waals surface area (Å²) in [5.74, 6) is -1.47. The fraction of sp³-hybridized carbons (Fsp3) is 0.0800. The molecule has 1 heterocycles. The highest BCUT2D eigenvalue weighted by Crippen LogP contribution is 2.38. The lowest BCUT2D eigenvalue weighted by Crippen LogP contribution is -2.10. The van der Waals surface area contributed by atoms with Crippen LogP contribution in [-0.2, 0) is 9.53 Å². The van der Waals surface area contributed by atoms with Crippen molar-refractivity contribution in [3.05, 3.63) is 100.0 Å². The molecule has 3 aromatic rings. The van der Waals surface area contributed by atoms with Gasteiger partial charge in [0.05, 0.1) is 17.2 Å². The van der Waals surface area contributed by atoms with E-state index in [-0.39, 0.29) is 34.7 Å². The highest BCUT2D eigenvalue weighted by molar-refractivity contribution is 6.32. The van der Waals surface area contributed by atoms with E-state index in [1.807, 2.05) is 0 Å². The van der Waals surface area contributed by atoms with Crippen LogP contribution >= 0.6 is 11.6 Å². The zero-order valence-corrected chi connectivity index (χ0v) is 18.1. The molecule has 0 unspecified atom stereocenters. The van der Waals surface area contributed by atoms with E-state index < -0.39 is 17.8 Å². The molecule has 0 radical (unpaired) electrons. The Morgan fingerprint density at radius 3 is 2.64 bits per heavy atom. The lowest BCUT2D eigenvalue weighted by Gasteiger charge is -2.13. The molecule has 0 fully saturated rings. The summed E-state index contributed by atoms with van der Waals surface area (Å²) in [6, 6.07) is 17.1. The number of nitrogens with zero attached hydrogens (tertiary/aromatic N) is 1. The second-order valence-electron chi connectivity index (χ2n) is 6.86. The van der Waals surface area contributed by atoms with E-state index in [0.29, 0.717) is 16.7 Å². The number of carbonyl (C=O) groups is 2. The number of benzene rings is 3. The van der Waals surface area contributed by atoms with Crippen LogP contribution in [0.4, 0.5) is 4.39 Å². The van der Waals surface area contributed by atoms with Gasteiger partial charge in [0.2, 0.25) is 5.90 Å². The van der Waals surface area contributed by atoms with E-state index in [0.717, 1.165) is 0 Å². The molecule has 3 aromatic carbocycles. The Hall–Kier alpha value is -3.97. The number of rotatable bonds is 6. The zero-order chi connectivity index (χ0) is 23.4. The van der Waals surface area contributed by atoms with Crippen LogP contribution in [0.25, 0.3) is 6.08 Å². The quantitative estimate of drug-likeness (QED) is 0.275. The first-order valence-corrected chi connectivity index (χ1v) is 10.3. The first-order valence-electron chi connectivity index (χ1n) is 9.96. The van der Waals surface area contributed by atoms with E-state index in [1.54, 1.807) is 49.4 Å². The molecule has 1 aliphatic rings. The summed E-state index contributed by atoms with van der Waals surface area (Å²) in [4.78, 5) is 28.9. The maximum atomic E-state index is 13.5. The van der Waals surface area contributed by atoms with Crippen molar-refractivity contribution in [1.29, 1.82) is 0 Å². The van der Waals surface area contributed by atoms with Crippen molar-refractivity contribution in [2.45, 2.75) is 6.92 Å². The molecule has 0 saturated heterocycles. The Bertz CT molecular complexity index is 1290. The molecule has 1 aliphatic heterocycles. The average molecular weight is 466 g/mol. The molecule has 0 spiro atoms. The molecule has 0 aromatic heterocycles. The minimum absolute atomic E-state index is 0.00167. The van der Waals surface area contributed by atoms with Gasteiger partial charge in [-0.3, -0.25) is 0 Å². The molecule has 33 heavy (non-hydrogen) atoms. The summed E-state index contributed by atoms with van der Waals surface area (Å²) in [5, 5.41) is 0.109. The van der Waals surface area contributed by atoms with Crippen molar-refractivity contribution in [1.82, 2.24) is 0 Å². The van der Waals surface area contributed by atoms with E-state index >= 15 is 0 Å². The summed E-state index contributed by atoms with van der Waals surface area (Å²) in [5.41, 5.74) is 1.17. The van der Waals surface area contributed by atoms with Gasteiger partial charge in [-0.2, -0.15) is 0 Å². The maximum absolute atomic E-state index is 13.5. The van der Waals surface area contributed by atoms with E-state index in [2.05, 4.69) is 4.99 Å². The Balaban J connectivity index is 1.65. The molecule has 166 valence electrons. The average Bonchev–Trinajstić information content (AvgIpc) is 3.17. The number of hydrogen-bond donors (Lipinski definition) is 0. The maximum Gasteiger partial charge on any atom is 0.363 e. The second kappa shape index (κ2) is 9.67. The van der Waals surface area contributed by atoms with Crippen LogP contribution in [0.1, 0.15) is 28.4 Å². The van der Waals surface area contributed by atoms with Gasteiger partial charge < -0.3 is 14.2 Å².